The Balaban J connectivity index is 2.03. The number of amides is 1. The lowest BCUT2D eigenvalue weighted by atomic mass is 10.0. The quantitative estimate of drug-likeness (QED) is 0.807. The van der Waals surface area contributed by atoms with E-state index in [0.29, 0.717) is 12.0 Å². The van der Waals surface area contributed by atoms with Crippen molar-refractivity contribution in [3.63, 3.8) is 0 Å². The van der Waals surface area contributed by atoms with Crippen LogP contribution >= 0.6 is 0 Å². The summed E-state index contributed by atoms with van der Waals surface area (Å²) in [7, 11) is 3.38. The van der Waals surface area contributed by atoms with Gasteiger partial charge in [0, 0.05) is 19.0 Å². The Morgan fingerprint density at radius 3 is 2.52 bits per heavy atom. The van der Waals surface area contributed by atoms with Gasteiger partial charge >= 0.3 is 0 Å². The number of hydrogen-bond acceptors (Lipinski definition) is 2. The molecule has 0 saturated heterocycles. The molecule has 0 fully saturated rings. The van der Waals surface area contributed by atoms with Crippen molar-refractivity contribution in [2.45, 2.75) is 25.8 Å². The predicted molar refractivity (Wildman–Crippen MR) is 88.9 cm³/mol. The molecule has 2 aromatic rings. The highest BCUT2D eigenvalue weighted by Gasteiger charge is 2.20. The third-order valence-corrected chi connectivity index (χ3v) is 4.13. The second-order valence-electron chi connectivity index (χ2n) is 5.51. The van der Waals surface area contributed by atoms with Crippen molar-refractivity contribution in [3.05, 3.63) is 65.5 Å². The fraction of sp³-hybridized carbons (Fsp3) is 0.316. The summed E-state index contributed by atoms with van der Waals surface area (Å²) in [5.41, 5.74) is 1.52. The van der Waals surface area contributed by atoms with Gasteiger partial charge in [-0.15, -0.1) is 0 Å². The second-order valence-corrected chi connectivity index (χ2v) is 5.51. The average Bonchev–Trinajstić information content (AvgIpc) is 2.59. The van der Waals surface area contributed by atoms with Crippen molar-refractivity contribution in [1.82, 2.24) is 4.90 Å². The molecule has 0 N–H and O–H groups in total. The molecule has 1 amide bonds. The molecule has 2 aromatic carbocycles. The van der Waals surface area contributed by atoms with Gasteiger partial charge in [-0.1, -0.05) is 36.4 Å². The number of carbonyl (C=O) groups excluding carboxylic acids is 1. The Bertz CT molecular complexity index is 672. The monoisotopic (exact) mass is 315 g/mol. The Morgan fingerprint density at radius 2 is 1.83 bits per heavy atom. The van der Waals surface area contributed by atoms with Crippen molar-refractivity contribution in [3.8, 4) is 5.75 Å². The first-order chi connectivity index (χ1) is 11.0. The number of methoxy groups -OCH3 is 1. The van der Waals surface area contributed by atoms with Gasteiger partial charge in [-0.2, -0.15) is 0 Å². The Morgan fingerprint density at radius 1 is 1.17 bits per heavy atom. The molecule has 0 aliphatic heterocycles. The molecular weight excluding hydrogens is 293 g/mol. The minimum absolute atomic E-state index is 0.0216. The molecule has 1 unspecified atom stereocenters. The van der Waals surface area contributed by atoms with E-state index in [-0.39, 0.29) is 24.2 Å². The number of aryl methyl sites for hydroxylation is 1. The van der Waals surface area contributed by atoms with Gasteiger partial charge < -0.3 is 9.64 Å². The highest BCUT2D eigenvalue weighted by atomic mass is 19.1. The number of hydrogen-bond donors (Lipinski definition) is 0. The minimum atomic E-state index is -0.263. The normalized spacial score (nSPS) is 11.8. The summed E-state index contributed by atoms with van der Waals surface area (Å²) >= 11 is 0. The summed E-state index contributed by atoms with van der Waals surface area (Å²) in [5.74, 6) is 0.473. The molecule has 0 radical (unpaired) electrons. The van der Waals surface area contributed by atoms with Crippen LogP contribution in [0.1, 0.15) is 30.5 Å². The third kappa shape index (κ3) is 4.09. The van der Waals surface area contributed by atoms with Crippen molar-refractivity contribution in [2.75, 3.05) is 14.2 Å². The summed E-state index contributed by atoms with van der Waals surface area (Å²) in [6.45, 7) is 1.96. The topological polar surface area (TPSA) is 29.5 Å². The lowest BCUT2D eigenvalue weighted by molar-refractivity contribution is -0.131. The van der Waals surface area contributed by atoms with Gasteiger partial charge in [0.05, 0.1) is 13.2 Å². The maximum atomic E-state index is 13.6. The Hall–Kier alpha value is -2.36. The Kier molecular flexibility index (Phi) is 5.74. The zero-order valence-corrected chi connectivity index (χ0v) is 13.8. The van der Waals surface area contributed by atoms with E-state index in [9.17, 15) is 9.18 Å². The fourth-order valence-electron chi connectivity index (χ4n) is 2.56. The SMILES string of the molecule is COc1ccccc1C(C)N(C)C(=O)CCc1ccccc1F. The lowest BCUT2D eigenvalue weighted by Gasteiger charge is -2.26. The third-order valence-electron chi connectivity index (χ3n) is 4.13. The standard InChI is InChI=1S/C19H22FNO2/c1-14(16-9-5-7-11-18(16)23-3)21(2)19(22)13-12-15-8-4-6-10-17(15)20/h4-11,14H,12-13H2,1-3H3. The van der Waals surface area contributed by atoms with E-state index in [1.165, 1.54) is 6.07 Å². The minimum Gasteiger partial charge on any atom is -0.496 e. The van der Waals surface area contributed by atoms with Crippen molar-refractivity contribution < 1.29 is 13.9 Å². The number of rotatable bonds is 6. The highest BCUT2D eigenvalue weighted by molar-refractivity contribution is 5.76. The van der Waals surface area contributed by atoms with Crippen LogP contribution in [-0.4, -0.2) is 25.0 Å². The number of ether oxygens (including phenoxy) is 1. The van der Waals surface area contributed by atoms with Crippen LogP contribution in [0.5, 0.6) is 5.75 Å². The van der Waals surface area contributed by atoms with E-state index in [1.807, 2.05) is 31.2 Å². The van der Waals surface area contributed by atoms with Crippen LogP contribution in [0.25, 0.3) is 0 Å². The van der Waals surface area contributed by atoms with Gasteiger partial charge in [-0.25, -0.2) is 4.39 Å². The number of carbonyl (C=O) groups is 1. The van der Waals surface area contributed by atoms with E-state index < -0.39 is 0 Å². The fourth-order valence-corrected chi connectivity index (χ4v) is 2.56. The molecule has 0 spiro atoms. The predicted octanol–water partition coefficient (Wildman–Crippen LogP) is 3.99. The van der Waals surface area contributed by atoms with Crippen LogP contribution in [-0.2, 0) is 11.2 Å². The van der Waals surface area contributed by atoms with Crippen LogP contribution in [0.2, 0.25) is 0 Å². The summed E-state index contributed by atoms with van der Waals surface area (Å²) in [6.07, 6.45) is 0.672. The molecule has 3 nitrogen and oxygen atoms in total. The van der Waals surface area contributed by atoms with Gasteiger partial charge in [0.1, 0.15) is 11.6 Å². The van der Waals surface area contributed by atoms with Gasteiger partial charge in [-0.05, 0) is 31.0 Å². The zero-order valence-electron chi connectivity index (χ0n) is 13.8. The molecule has 122 valence electrons. The maximum Gasteiger partial charge on any atom is 0.223 e. The molecular formula is C19H22FNO2. The van der Waals surface area contributed by atoms with Gasteiger partial charge in [-0.3, -0.25) is 4.79 Å². The molecule has 0 heterocycles. The summed E-state index contributed by atoms with van der Waals surface area (Å²) in [4.78, 5) is 14.1. The average molecular weight is 315 g/mol. The molecule has 1 atom stereocenters. The number of halogens is 1. The van der Waals surface area contributed by atoms with Crippen molar-refractivity contribution in [2.24, 2.45) is 0 Å². The lowest BCUT2D eigenvalue weighted by Crippen LogP contribution is -2.30. The van der Waals surface area contributed by atoms with E-state index in [4.69, 9.17) is 4.74 Å². The first-order valence-electron chi connectivity index (χ1n) is 7.66. The zero-order chi connectivity index (χ0) is 16.8. The highest BCUT2D eigenvalue weighted by Crippen LogP contribution is 2.28. The van der Waals surface area contributed by atoms with Gasteiger partial charge in [0.2, 0.25) is 5.91 Å². The van der Waals surface area contributed by atoms with Crippen LogP contribution in [0.3, 0.4) is 0 Å². The molecule has 0 aliphatic rings. The molecule has 0 saturated carbocycles. The van der Waals surface area contributed by atoms with Gasteiger partial charge in [0.25, 0.3) is 0 Å². The van der Waals surface area contributed by atoms with Crippen LogP contribution in [0.4, 0.5) is 4.39 Å². The molecule has 0 aliphatic carbocycles. The molecule has 23 heavy (non-hydrogen) atoms. The summed E-state index contributed by atoms with van der Waals surface area (Å²) < 4.78 is 19.0. The van der Waals surface area contributed by atoms with Gasteiger partial charge in [0.15, 0.2) is 0 Å². The Labute approximate surface area is 136 Å². The van der Waals surface area contributed by atoms with Crippen LogP contribution in [0, 0.1) is 5.82 Å². The number of nitrogens with zero attached hydrogens (tertiary/aromatic N) is 1. The first-order valence-corrected chi connectivity index (χ1v) is 7.66. The molecule has 2 rings (SSSR count). The smallest absolute Gasteiger partial charge is 0.223 e. The van der Waals surface area contributed by atoms with E-state index in [0.717, 1.165) is 11.3 Å². The summed E-state index contributed by atoms with van der Waals surface area (Å²) in [6, 6.07) is 14.1. The number of para-hydroxylation sites is 1. The molecule has 4 heteroatoms. The van der Waals surface area contributed by atoms with E-state index in [2.05, 4.69) is 0 Å². The summed E-state index contributed by atoms with van der Waals surface area (Å²) in [5, 5.41) is 0. The number of benzene rings is 2. The van der Waals surface area contributed by atoms with E-state index >= 15 is 0 Å². The molecule has 0 bridgehead atoms. The van der Waals surface area contributed by atoms with Crippen LogP contribution in [0.15, 0.2) is 48.5 Å². The first kappa shape index (κ1) is 17.0. The second kappa shape index (κ2) is 7.77. The van der Waals surface area contributed by atoms with Crippen molar-refractivity contribution in [1.29, 1.82) is 0 Å². The maximum absolute atomic E-state index is 13.6. The van der Waals surface area contributed by atoms with E-state index in [1.54, 1.807) is 37.3 Å². The van der Waals surface area contributed by atoms with Crippen LogP contribution < -0.4 is 4.74 Å². The van der Waals surface area contributed by atoms with Crippen molar-refractivity contribution >= 4 is 5.91 Å². The molecule has 0 aromatic heterocycles. The largest absolute Gasteiger partial charge is 0.496 e.